The molecule has 3 rings (SSSR count). The number of carbonyl (C=O) groups is 1. The van der Waals surface area contributed by atoms with E-state index in [2.05, 4.69) is 4.98 Å². The molecule has 3 nitrogen and oxygen atoms in total. The second-order valence-corrected chi connectivity index (χ2v) is 5.32. The zero-order valence-corrected chi connectivity index (χ0v) is 11.6. The first kappa shape index (κ1) is 13.6. The van der Waals surface area contributed by atoms with E-state index in [9.17, 15) is 13.6 Å². The molecule has 0 aliphatic heterocycles. The van der Waals surface area contributed by atoms with Crippen molar-refractivity contribution in [2.75, 3.05) is 0 Å². The number of ketones is 1. The minimum atomic E-state index is -0.849. The Morgan fingerprint density at radius 3 is 2.62 bits per heavy atom. The number of rotatable bonds is 4. The number of nitrogens with zero attached hydrogens (tertiary/aromatic N) is 2. The number of benzene rings is 1. The van der Waals surface area contributed by atoms with Gasteiger partial charge < -0.3 is 4.57 Å². The van der Waals surface area contributed by atoms with E-state index in [1.165, 1.54) is 17.4 Å². The predicted octanol–water partition coefficient (Wildman–Crippen LogP) is 3.77. The van der Waals surface area contributed by atoms with Crippen LogP contribution in [-0.2, 0) is 6.54 Å². The number of halogens is 2. The molecule has 0 aliphatic carbocycles. The summed E-state index contributed by atoms with van der Waals surface area (Å²) < 4.78 is 28.8. The molecule has 0 saturated heterocycles. The average Bonchev–Trinajstić information content (AvgIpc) is 3.08. The Labute approximate surface area is 123 Å². The standard InChI is InChI=1S/C15H10F2N2OS/c16-10-3-1-4-11(17)14(10)12(20)9-19-7-6-18-15(19)13-5-2-8-21-13/h1-8H,9H2. The molecule has 0 fully saturated rings. The zero-order valence-electron chi connectivity index (χ0n) is 10.8. The van der Waals surface area contributed by atoms with Gasteiger partial charge in [-0.05, 0) is 23.6 Å². The van der Waals surface area contributed by atoms with Crippen molar-refractivity contribution in [3.8, 4) is 10.7 Å². The summed E-state index contributed by atoms with van der Waals surface area (Å²) in [6, 6.07) is 7.12. The van der Waals surface area contributed by atoms with E-state index in [1.54, 1.807) is 17.0 Å². The molecule has 21 heavy (non-hydrogen) atoms. The molecule has 2 heterocycles. The fraction of sp³-hybridized carbons (Fsp3) is 0.0667. The third kappa shape index (κ3) is 2.62. The van der Waals surface area contributed by atoms with Crippen LogP contribution in [0, 0.1) is 11.6 Å². The van der Waals surface area contributed by atoms with Crippen LogP contribution in [0.25, 0.3) is 10.7 Å². The Bertz CT molecular complexity index is 761. The SMILES string of the molecule is O=C(Cn1ccnc1-c1cccs1)c1c(F)cccc1F. The van der Waals surface area contributed by atoms with Crippen molar-refractivity contribution in [3.05, 3.63) is 65.3 Å². The third-order valence-corrected chi connectivity index (χ3v) is 3.88. The van der Waals surface area contributed by atoms with Crippen LogP contribution < -0.4 is 0 Å². The lowest BCUT2D eigenvalue weighted by Crippen LogP contribution is -2.14. The van der Waals surface area contributed by atoms with Crippen molar-refractivity contribution in [2.45, 2.75) is 6.54 Å². The Hall–Kier alpha value is -2.34. The summed E-state index contributed by atoms with van der Waals surface area (Å²) in [4.78, 5) is 17.2. The van der Waals surface area contributed by atoms with E-state index in [1.807, 2.05) is 17.5 Å². The van der Waals surface area contributed by atoms with E-state index in [0.717, 1.165) is 17.0 Å². The van der Waals surface area contributed by atoms with Gasteiger partial charge in [-0.15, -0.1) is 11.3 Å². The first-order chi connectivity index (χ1) is 10.2. The highest BCUT2D eigenvalue weighted by Gasteiger charge is 2.18. The molecule has 0 spiro atoms. The molecule has 0 radical (unpaired) electrons. The minimum Gasteiger partial charge on any atom is -0.322 e. The molecule has 0 amide bonds. The summed E-state index contributed by atoms with van der Waals surface area (Å²) in [6.07, 6.45) is 3.17. The molecule has 3 aromatic rings. The van der Waals surface area contributed by atoms with Gasteiger partial charge in [-0.1, -0.05) is 12.1 Å². The maximum absolute atomic E-state index is 13.6. The number of aromatic nitrogens is 2. The van der Waals surface area contributed by atoms with E-state index in [0.29, 0.717) is 5.82 Å². The van der Waals surface area contributed by atoms with Gasteiger partial charge in [-0.2, -0.15) is 0 Å². The largest absolute Gasteiger partial charge is 0.322 e. The van der Waals surface area contributed by atoms with Gasteiger partial charge in [0.15, 0.2) is 5.78 Å². The summed E-state index contributed by atoms with van der Waals surface area (Å²) in [5.41, 5.74) is -0.511. The number of carbonyl (C=O) groups excluding carboxylic acids is 1. The molecule has 0 aliphatic rings. The van der Waals surface area contributed by atoms with Gasteiger partial charge in [0.2, 0.25) is 0 Å². The van der Waals surface area contributed by atoms with Crippen LogP contribution in [-0.4, -0.2) is 15.3 Å². The van der Waals surface area contributed by atoms with Crippen LogP contribution in [0.1, 0.15) is 10.4 Å². The van der Waals surface area contributed by atoms with Gasteiger partial charge in [0.25, 0.3) is 0 Å². The summed E-state index contributed by atoms with van der Waals surface area (Å²) in [7, 11) is 0. The minimum absolute atomic E-state index is 0.162. The number of hydrogen-bond acceptors (Lipinski definition) is 3. The monoisotopic (exact) mass is 304 g/mol. The van der Waals surface area contributed by atoms with Gasteiger partial charge >= 0.3 is 0 Å². The van der Waals surface area contributed by atoms with Crippen molar-refractivity contribution in [2.24, 2.45) is 0 Å². The van der Waals surface area contributed by atoms with Crippen molar-refractivity contribution < 1.29 is 13.6 Å². The van der Waals surface area contributed by atoms with Crippen molar-refractivity contribution in [1.29, 1.82) is 0 Å². The zero-order chi connectivity index (χ0) is 14.8. The molecule has 0 atom stereocenters. The lowest BCUT2D eigenvalue weighted by Gasteiger charge is -2.07. The third-order valence-electron chi connectivity index (χ3n) is 3.01. The number of hydrogen-bond donors (Lipinski definition) is 0. The highest BCUT2D eigenvalue weighted by atomic mass is 32.1. The maximum atomic E-state index is 13.6. The average molecular weight is 304 g/mol. The van der Waals surface area contributed by atoms with Crippen LogP contribution in [0.4, 0.5) is 8.78 Å². The van der Waals surface area contributed by atoms with E-state index < -0.39 is 23.0 Å². The van der Waals surface area contributed by atoms with Crippen LogP contribution in [0.2, 0.25) is 0 Å². The van der Waals surface area contributed by atoms with Crippen LogP contribution in [0.5, 0.6) is 0 Å². The smallest absolute Gasteiger partial charge is 0.188 e. The lowest BCUT2D eigenvalue weighted by molar-refractivity contribution is 0.0964. The van der Waals surface area contributed by atoms with Gasteiger partial charge in [-0.25, -0.2) is 13.8 Å². The number of imidazole rings is 1. The van der Waals surface area contributed by atoms with E-state index in [-0.39, 0.29) is 6.54 Å². The molecule has 0 N–H and O–H groups in total. The highest BCUT2D eigenvalue weighted by Crippen LogP contribution is 2.23. The van der Waals surface area contributed by atoms with Crippen LogP contribution in [0.3, 0.4) is 0 Å². The number of thiophene rings is 1. The first-order valence-corrected chi connectivity index (χ1v) is 7.07. The Morgan fingerprint density at radius 1 is 1.19 bits per heavy atom. The fourth-order valence-corrected chi connectivity index (χ4v) is 2.80. The second-order valence-electron chi connectivity index (χ2n) is 4.38. The van der Waals surface area contributed by atoms with Crippen LogP contribution >= 0.6 is 11.3 Å². The normalized spacial score (nSPS) is 10.8. The Balaban J connectivity index is 1.91. The summed E-state index contributed by atoms with van der Waals surface area (Å²) in [5.74, 6) is -1.72. The summed E-state index contributed by atoms with van der Waals surface area (Å²) in [6.45, 7) is -0.162. The molecule has 106 valence electrons. The molecule has 0 unspecified atom stereocenters. The Morgan fingerprint density at radius 2 is 1.95 bits per heavy atom. The quantitative estimate of drug-likeness (QED) is 0.688. The van der Waals surface area contributed by atoms with Crippen LogP contribution in [0.15, 0.2) is 48.1 Å². The number of Topliss-reactive ketones (excluding diaryl/α,β-unsaturated/α-hetero) is 1. The van der Waals surface area contributed by atoms with Gasteiger partial charge in [0, 0.05) is 12.4 Å². The molecule has 0 saturated carbocycles. The second kappa shape index (κ2) is 5.57. The molecular weight excluding hydrogens is 294 g/mol. The molecular formula is C15H10F2N2OS. The highest BCUT2D eigenvalue weighted by molar-refractivity contribution is 7.13. The lowest BCUT2D eigenvalue weighted by atomic mass is 10.1. The van der Waals surface area contributed by atoms with Gasteiger partial charge in [0.1, 0.15) is 17.5 Å². The predicted molar refractivity (Wildman–Crippen MR) is 76.2 cm³/mol. The van der Waals surface area contributed by atoms with Crippen molar-refractivity contribution >= 4 is 17.1 Å². The Kier molecular flexibility index (Phi) is 3.62. The van der Waals surface area contributed by atoms with Crippen molar-refractivity contribution in [1.82, 2.24) is 9.55 Å². The van der Waals surface area contributed by atoms with Crippen molar-refractivity contribution in [3.63, 3.8) is 0 Å². The summed E-state index contributed by atoms with van der Waals surface area (Å²) in [5, 5.41) is 1.90. The molecule has 1 aromatic carbocycles. The van der Waals surface area contributed by atoms with E-state index >= 15 is 0 Å². The molecule has 2 aromatic heterocycles. The summed E-state index contributed by atoms with van der Waals surface area (Å²) >= 11 is 1.48. The fourth-order valence-electron chi connectivity index (χ4n) is 2.07. The van der Waals surface area contributed by atoms with E-state index in [4.69, 9.17) is 0 Å². The molecule has 6 heteroatoms. The first-order valence-electron chi connectivity index (χ1n) is 6.19. The van der Waals surface area contributed by atoms with Gasteiger partial charge in [0.05, 0.1) is 17.0 Å². The molecule has 0 bridgehead atoms. The van der Waals surface area contributed by atoms with Gasteiger partial charge in [-0.3, -0.25) is 4.79 Å². The maximum Gasteiger partial charge on any atom is 0.188 e. The topological polar surface area (TPSA) is 34.9 Å².